The summed E-state index contributed by atoms with van der Waals surface area (Å²) >= 11 is 0. The van der Waals surface area contributed by atoms with Gasteiger partial charge in [-0.1, -0.05) is 25.9 Å². The third kappa shape index (κ3) is 2.65. The molecule has 17 heavy (non-hydrogen) atoms. The number of nitrogens with zero attached hydrogens (tertiary/aromatic N) is 2. The van der Waals surface area contributed by atoms with Crippen LogP contribution >= 0.6 is 0 Å². The van der Waals surface area contributed by atoms with E-state index in [0.717, 1.165) is 32.4 Å². The Morgan fingerprint density at radius 1 is 1.24 bits per heavy atom. The first kappa shape index (κ1) is 12.9. The van der Waals surface area contributed by atoms with Gasteiger partial charge >= 0.3 is 0 Å². The zero-order chi connectivity index (χ0) is 12.7. The highest BCUT2D eigenvalue weighted by Gasteiger charge is 2.44. The van der Waals surface area contributed by atoms with Crippen molar-refractivity contribution in [3.63, 3.8) is 0 Å². The minimum atomic E-state index is 0.0218. The molecule has 98 valence electrons. The molecule has 0 amide bonds. The Morgan fingerprint density at radius 2 is 1.82 bits per heavy atom. The van der Waals surface area contributed by atoms with Crippen molar-refractivity contribution in [2.45, 2.75) is 65.5 Å². The highest BCUT2D eigenvalue weighted by Crippen LogP contribution is 2.38. The van der Waals surface area contributed by atoms with Crippen molar-refractivity contribution in [2.75, 3.05) is 13.1 Å². The van der Waals surface area contributed by atoms with Gasteiger partial charge in [-0.2, -0.15) is 0 Å². The van der Waals surface area contributed by atoms with Gasteiger partial charge in [-0.15, -0.1) is 0 Å². The Morgan fingerprint density at radius 3 is 2.24 bits per heavy atom. The lowest BCUT2D eigenvalue weighted by Crippen LogP contribution is -2.47. The fourth-order valence-electron chi connectivity index (χ4n) is 2.64. The van der Waals surface area contributed by atoms with Crippen LogP contribution in [-0.4, -0.2) is 35.3 Å². The zero-order valence-corrected chi connectivity index (χ0v) is 11.9. The molecule has 1 saturated heterocycles. The third-order valence-corrected chi connectivity index (χ3v) is 4.14. The molecule has 0 aliphatic carbocycles. The average Bonchev–Trinajstić information content (AvgIpc) is 2.62. The monoisotopic (exact) mass is 238 g/mol. The highest BCUT2D eigenvalue weighted by atomic mass is 16.7. The van der Waals surface area contributed by atoms with E-state index in [4.69, 9.17) is 4.84 Å². The van der Waals surface area contributed by atoms with Crippen LogP contribution in [0.2, 0.25) is 0 Å². The second-order valence-corrected chi connectivity index (χ2v) is 6.87. The van der Waals surface area contributed by atoms with Crippen LogP contribution in [0, 0.1) is 5.41 Å². The quantitative estimate of drug-likeness (QED) is 0.701. The predicted octanol–water partition coefficient (Wildman–Crippen LogP) is 3.05. The van der Waals surface area contributed by atoms with Crippen molar-refractivity contribution in [1.29, 1.82) is 0 Å². The molecule has 2 aliphatic rings. The van der Waals surface area contributed by atoms with Gasteiger partial charge < -0.3 is 9.74 Å². The summed E-state index contributed by atoms with van der Waals surface area (Å²) in [6.07, 6.45) is 3.27. The smallest absolute Gasteiger partial charge is 0.145 e. The predicted molar refractivity (Wildman–Crippen MR) is 71.3 cm³/mol. The molecule has 3 heteroatoms. The molecule has 3 nitrogen and oxygen atoms in total. The van der Waals surface area contributed by atoms with Crippen LogP contribution in [0.25, 0.3) is 0 Å². The SMILES string of the molecule is CC(C)N1CCC2(CC1)CC(C(C)(C)C)=NO2. The lowest BCUT2D eigenvalue weighted by Gasteiger charge is -2.39. The standard InChI is InChI=1S/C14H26N2O/c1-11(2)16-8-6-14(7-9-16)10-12(15-17-14)13(3,4)5/h11H,6-10H2,1-5H3. The molecular weight excluding hydrogens is 212 g/mol. The van der Waals surface area contributed by atoms with Crippen molar-refractivity contribution >= 4 is 5.71 Å². The summed E-state index contributed by atoms with van der Waals surface area (Å²) < 4.78 is 0. The number of hydrogen-bond donors (Lipinski definition) is 0. The second kappa shape index (κ2) is 4.27. The van der Waals surface area contributed by atoms with Crippen LogP contribution in [0.3, 0.4) is 0 Å². The maximum atomic E-state index is 5.81. The molecule has 0 aromatic heterocycles. The molecule has 2 aliphatic heterocycles. The first-order valence-electron chi connectivity index (χ1n) is 6.82. The summed E-state index contributed by atoms with van der Waals surface area (Å²) in [6.45, 7) is 13.5. The molecule has 0 unspecified atom stereocenters. The van der Waals surface area contributed by atoms with E-state index in [1.54, 1.807) is 0 Å². The van der Waals surface area contributed by atoms with E-state index in [-0.39, 0.29) is 11.0 Å². The summed E-state index contributed by atoms with van der Waals surface area (Å²) in [4.78, 5) is 8.34. The van der Waals surface area contributed by atoms with Crippen LogP contribution in [-0.2, 0) is 4.84 Å². The van der Waals surface area contributed by atoms with Gasteiger partial charge in [0.15, 0.2) is 0 Å². The van der Waals surface area contributed by atoms with E-state index in [2.05, 4.69) is 44.7 Å². The molecule has 0 aromatic carbocycles. The zero-order valence-electron chi connectivity index (χ0n) is 11.9. The molecule has 1 fully saturated rings. The van der Waals surface area contributed by atoms with E-state index in [1.165, 1.54) is 5.71 Å². The lowest BCUT2D eigenvalue weighted by molar-refractivity contribution is -0.0656. The number of likely N-dealkylation sites (tertiary alicyclic amines) is 1. The van der Waals surface area contributed by atoms with Crippen LogP contribution in [0.1, 0.15) is 53.9 Å². The van der Waals surface area contributed by atoms with Crippen molar-refractivity contribution in [2.24, 2.45) is 10.6 Å². The largest absolute Gasteiger partial charge is 0.389 e. The number of hydrogen-bond acceptors (Lipinski definition) is 3. The normalized spacial score (nSPS) is 25.2. The number of oxime groups is 1. The van der Waals surface area contributed by atoms with Crippen LogP contribution in [0.5, 0.6) is 0 Å². The summed E-state index contributed by atoms with van der Waals surface area (Å²) in [6, 6.07) is 0.650. The minimum absolute atomic E-state index is 0.0218. The van der Waals surface area contributed by atoms with Gasteiger partial charge in [-0.25, -0.2) is 0 Å². The van der Waals surface area contributed by atoms with E-state index >= 15 is 0 Å². The minimum Gasteiger partial charge on any atom is -0.389 e. The third-order valence-electron chi connectivity index (χ3n) is 4.14. The van der Waals surface area contributed by atoms with Gasteiger partial charge in [0.05, 0.1) is 5.71 Å². The van der Waals surface area contributed by atoms with E-state index in [9.17, 15) is 0 Å². The van der Waals surface area contributed by atoms with Crippen LogP contribution < -0.4 is 0 Å². The van der Waals surface area contributed by atoms with Crippen molar-refractivity contribution < 1.29 is 4.84 Å². The molecule has 0 saturated carbocycles. The molecule has 2 rings (SSSR count). The molecule has 1 spiro atoms. The summed E-state index contributed by atoms with van der Waals surface area (Å²) in [5.41, 5.74) is 1.41. The Balaban J connectivity index is 1.94. The Labute approximate surface area is 105 Å². The molecule has 0 N–H and O–H groups in total. The topological polar surface area (TPSA) is 24.8 Å². The van der Waals surface area contributed by atoms with Crippen LogP contribution in [0.4, 0.5) is 0 Å². The van der Waals surface area contributed by atoms with Crippen molar-refractivity contribution in [3.05, 3.63) is 0 Å². The maximum absolute atomic E-state index is 5.81. The van der Waals surface area contributed by atoms with E-state index in [0.29, 0.717) is 6.04 Å². The van der Waals surface area contributed by atoms with Gasteiger partial charge in [0, 0.05) is 43.8 Å². The first-order chi connectivity index (χ1) is 7.82. The molecular formula is C14H26N2O. The fraction of sp³-hybridized carbons (Fsp3) is 0.929. The molecule has 0 atom stereocenters. The second-order valence-electron chi connectivity index (χ2n) is 6.87. The first-order valence-corrected chi connectivity index (χ1v) is 6.82. The van der Waals surface area contributed by atoms with Gasteiger partial charge in [-0.05, 0) is 13.8 Å². The van der Waals surface area contributed by atoms with E-state index in [1.807, 2.05) is 0 Å². The number of piperidine rings is 1. The van der Waals surface area contributed by atoms with Gasteiger partial charge in [0.1, 0.15) is 5.60 Å². The van der Waals surface area contributed by atoms with Crippen molar-refractivity contribution in [3.8, 4) is 0 Å². The fourth-order valence-corrected chi connectivity index (χ4v) is 2.64. The maximum Gasteiger partial charge on any atom is 0.145 e. The van der Waals surface area contributed by atoms with Gasteiger partial charge in [0.2, 0.25) is 0 Å². The summed E-state index contributed by atoms with van der Waals surface area (Å²) in [7, 11) is 0. The Hall–Kier alpha value is -0.570. The van der Waals surface area contributed by atoms with Crippen LogP contribution in [0.15, 0.2) is 5.16 Å². The molecule has 0 aromatic rings. The lowest BCUT2D eigenvalue weighted by atomic mass is 9.79. The summed E-state index contributed by atoms with van der Waals surface area (Å²) in [5, 5.41) is 4.35. The average molecular weight is 238 g/mol. The van der Waals surface area contributed by atoms with E-state index < -0.39 is 0 Å². The number of rotatable bonds is 1. The van der Waals surface area contributed by atoms with Gasteiger partial charge in [0.25, 0.3) is 0 Å². The highest BCUT2D eigenvalue weighted by molar-refractivity contribution is 5.90. The molecule has 0 radical (unpaired) electrons. The summed E-state index contributed by atoms with van der Waals surface area (Å²) in [5.74, 6) is 0. The molecule has 2 heterocycles. The van der Waals surface area contributed by atoms with Crippen molar-refractivity contribution in [1.82, 2.24) is 4.90 Å². The van der Waals surface area contributed by atoms with Gasteiger partial charge in [-0.3, -0.25) is 0 Å². The molecule has 0 bridgehead atoms. The Bertz CT molecular complexity index is 307. The Kier molecular flexibility index (Phi) is 3.23.